The summed E-state index contributed by atoms with van der Waals surface area (Å²) in [6.07, 6.45) is 1.67. The number of nitrogens with zero attached hydrogens (tertiary/aromatic N) is 2. The van der Waals surface area contributed by atoms with Gasteiger partial charge in [0.15, 0.2) is 0 Å². The summed E-state index contributed by atoms with van der Waals surface area (Å²) in [5.41, 5.74) is 0. The lowest BCUT2D eigenvalue weighted by atomic mass is 10.1. The largest absolute Gasteiger partial charge is 0.336 e. The Morgan fingerprint density at radius 3 is 2.67 bits per heavy atom. The standard InChI is InChI=1S/C15H23N3O3S2.ClH/c1-11-8-14(12(2)22-11)23(20,21)17-6-3-4-13(10-17)18-7-5-16-9-15(18)19;/h8,13,16H,3-7,9-10H2,1-2H3;1H. The van der Waals surface area contributed by atoms with Gasteiger partial charge < -0.3 is 10.2 Å². The number of amides is 1. The molecule has 9 heteroatoms. The molecule has 6 nitrogen and oxygen atoms in total. The molecule has 1 amide bonds. The van der Waals surface area contributed by atoms with Gasteiger partial charge in [-0.1, -0.05) is 0 Å². The second-order valence-electron chi connectivity index (χ2n) is 6.20. The average molecular weight is 394 g/mol. The molecule has 1 N–H and O–H groups in total. The van der Waals surface area contributed by atoms with E-state index in [1.54, 1.807) is 10.4 Å². The SMILES string of the molecule is Cc1cc(S(=O)(=O)N2CCCC(N3CCNCC3=O)C2)c(C)s1.Cl. The zero-order valence-corrected chi connectivity index (χ0v) is 16.4. The van der Waals surface area contributed by atoms with Crippen LogP contribution in [0.5, 0.6) is 0 Å². The molecular formula is C15H24ClN3O3S2. The molecule has 1 atom stereocenters. The zero-order chi connectivity index (χ0) is 16.6. The van der Waals surface area contributed by atoms with E-state index >= 15 is 0 Å². The van der Waals surface area contributed by atoms with E-state index in [9.17, 15) is 13.2 Å². The topological polar surface area (TPSA) is 69.7 Å². The normalized spacial score (nSPS) is 23.2. The van der Waals surface area contributed by atoms with Gasteiger partial charge in [0.05, 0.1) is 11.4 Å². The lowest BCUT2D eigenvalue weighted by Crippen LogP contribution is -2.57. The average Bonchev–Trinajstić information content (AvgIpc) is 2.87. The van der Waals surface area contributed by atoms with Crippen molar-refractivity contribution in [3.8, 4) is 0 Å². The highest BCUT2D eigenvalue weighted by Gasteiger charge is 2.36. The summed E-state index contributed by atoms with van der Waals surface area (Å²) in [5.74, 6) is 0.0723. The summed E-state index contributed by atoms with van der Waals surface area (Å²) in [6.45, 7) is 6.51. The number of carbonyl (C=O) groups excluding carboxylic acids is 1. The predicted octanol–water partition coefficient (Wildman–Crippen LogP) is 1.37. The summed E-state index contributed by atoms with van der Waals surface area (Å²) < 4.78 is 27.5. The van der Waals surface area contributed by atoms with Gasteiger partial charge in [0.2, 0.25) is 15.9 Å². The van der Waals surface area contributed by atoms with E-state index in [-0.39, 0.29) is 24.4 Å². The van der Waals surface area contributed by atoms with Crippen LogP contribution >= 0.6 is 23.7 Å². The van der Waals surface area contributed by atoms with Crippen molar-refractivity contribution in [2.75, 3.05) is 32.7 Å². The number of sulfonamides is 1. The smallest absolute Gasteiger partial charge is 0.244 e. The second-order valence-corrected chi connectivity index (χ2v) is 9.57. The van der Waals surface area contributed by atoms with Crippen LogP contribution in [0.2, 0.25) is 0 Å². The summed E-state index contributed by atoms with van der Waals surface area (Å²) in [7, 11) is -3.47. The molecule has 0 saturated carbocycles. The zero-order valence-electron chi connectivity index (χ0n) is 13.9. The van der Waals surface area contributed by atoms with Crippen LogP contribution in [-0.2, 0) is 14.8 Å². The fourth-order valence-corrected chi connectivity index (χ4v) is 6.44. The van der Waals surface area contributed by atoms with Crippen molar-refractivity contribution < 1.29 is 13.2 Å². The summed E-state index contributed by atoms with van der Waals surface area (Å²) in [5, 5.41) is 3.06. The van der Waals surface area contributed by atoms with Crippen LogP contribution in [0.15, 0.2) is 11.0 Å². The molecule has 0 radical (unpaired) electrons. The maximum atomic E-state index is 12.9. The molecule has 2 aliphatic rings. The van der Waals surface area contributed by atoms with Gasteiger partial charge in [0.25, 0.3) is 0 Å². The van der Waals surface area contributed by atoms with Gasteiger partial charge in [-0.05, 0) is 32.8 Å². The second kappa shape index (κ2) is 7.70. The van der Waals surface area contributed by atoms with Crippen LogP contribution in [-0.4, -0.2) is 62.3 Å². The molecule has 24 heavy (non-hydrogen) atoms. The number of nitrogens with one attached hydrogen (secondary N) is 1. The molecule has 2 aliphatic heterocycles. The molecule has 0 aromatic carbocycles. The van der Waals surface area contributed by atoms with Gasteiger partial charge in [-0.25, -0.2) is 8.42 Å². The number of thiophene rings is 1. The number of halogens is 1. The van der Waals surface area contributed by atoms with Gasteiger partial charge in [-0.15, -0.1) is 23.7 Å². The summed E-state index contributed by atoms with van der Waals surface area (Å²) in [6, 6.07) is 1.75. The maximum absolute atomic E-state index is 12.9. The van der Waals surface area contributed by atoms with Crippen molar-refractivity contribution in [2.45, 2.75) is 37.6 Å². The van der Waals surface area contributed by atoms with Crippen LogP contribution < -0.4 is 5.32 Å². The summed E-state index contributed by atoms with van der Waals surface area (Å²) in [4.78, 5) is 16.2. The molecule has 0 bridgehead atoms. The number of carbonyl (C=O) groups is 1. The van der Waals surface area contributed by atoms with Crippen LogP contribution in [0.1, 0.15) is 22.6 Å². The fourth-order valence-electron chi connectivity index (χ4n) is 3.40. The molecule has 1 unspecified atom stereocenters. The third-order valence-electron chi connectivity index (χ3n) is 4.54. The Morgan fingerprint density at radius 2 is 2.04 bits per heavy atom. The molecular weight excluding hydrogens is 370 g/mol. The first-order valence-electron chi connectivity index (χ1n) is 7.97. The number of aryl methyl sites for hydroxylation is 2. The van der Waals surface area contributed by atoms with E-state index in [2.05, 4.69) is 5.32 Å². The third kappa shape index (κ3) is 3.77. The minimum Gasteiger partial charge on any atom is -0.336 e. The van der Waals surface area contributed by atoms with Gasteiger partial charge in [0.1, 0.15) is 0 Å². The lowest BCUT2D eigenvalue weighted by Gasteiger charge is -2.40. The third-order valence-corrected chi connectivity index (χ3v) is 7.63. The van der Waals surface area contributed by atoms with E-state index < -0.39 is 10.0 Å². The Morgan fingerprint density at radius 1 is 1.29 bits per heavy atom. The highest BCUT2D eigenvalue weighted by molar-refractivity contribution is 7.89. The number of hydrogen-bond donors (Lipinski definition) is 1. The first-order valence-corrected chi connectivity index (χ1v) is 10.2. The van der Waals surface area contributed by atoms with Gasteiger partial charge in [0, 0.05) is 42.0 Å². The molecule has 3 rings (SSSR count). The van der Waals surface area contributed by atoms with Gasteiger partial charge in [-0.3, -0.25) is 4.79 Å². The maximum Gasteiger partial charge on any atom is 0.244 e. The molecule has 1 aromatic heterocycles. The van der Waals surface area contributed by atoms with Crippen LogP contribution in [0, 0.1) is 13.8 Å². The Labute approximate surface area is 153 Å². The molecule has 0 aliphatic carbocycles. The van der Waals surface area contributed by atoms with Gasteiger partial charge >= 0.3 is 0 Å². The van der Waals surface area contributed by atoms with E-state index in [0.29, 0.717) is 31.1 Å². The minimum atomic E-state index is -3.47. The van der Waals surface area contributed by atoms with Crippen molar-refractivity contribution in [3.05, 3.63) is 15.8 Å². The minimum absolute atomic E-state index is 0. The van der Waals surface area contributed by atoms with Crippen molar-refractivity contribution in [2.24, 2.45) is 0 Å². The number of hydrogen-bond acceptors (Lipinski definition) is 5. The Kier molecular flexibility index (Phi) is 6.30. The molecule has 2 saturated heterocycles. The van der Waals surface area contributed by atoms with Crippen LogP contribution in [0.3, 0.4) is 0 Å². The number of piperazine rings is 1. The lowest BCUT2D eigenvalue weighted by molar-refractivity contribution is -0.135. The van der Waals surface area contributed by atoms with E-state index in [1.807, 2.05) is 18.7 Å². The Hall–Kier alpha value is -0.670. The van der Waals surface area contributed by atoms with Crippen molar-refractivity contribution in [1.29, 1.82) is 0 Å². The Bertz CT molecular complexity index is 705. The van der Waals surface area contributed by atoms with E-state index in [1.165, 1.54) is 11.3 Å². The molecule has 0 spiro atoms. The van der Waals surface area contributed by atoms with Crippen molar-refractivity contribution in [1.82, 2.24) is 14.5 Å². The van der Waals surface area contributed by atoms with E-state index in [0.717, 1.165) is 29.1 Å². The fraction of sp³-hybridized carbons (Fsp3) is 0.667. The highest BCUT2D eigenvalue weighted by Crippen LogP contribution is 2.30. The predicted molar refractivity (Wildman–Crippen MR) is 97.4 cm³/mol. The Balaban J connectivity index is 0.00000208. The van der Waals surface area contributed by atoms with Crippen molar-refractivity contribution >= 4 is 39.7 Å². The molecule has 2 fully saturated rings. The quantitative estimate of drug-likeness (QED) is 0.842. The monoisotopic (exact) mass is 393 g/mol. The van der Waals surface area contributed by atoms with Gasteiger partial charge in [-0.2, -0.15) is 4.31 Å². The first-order chi connectivity index (χ1) is 10.9. The molecule has 1 aromatic rings. The number of piperidine rings is 1. The van der Waals surface area contributed by atoms with E-state index in [4.69, 9.17) is 0 Å². The molecule has 136 valence electrons. The summed E-state index contributed by atoms with van der Waals surface area (Å²) >= 11 is 1.51. The van der Waals surface area contributed by atoms with Crippen LogP contribution in [0.25, 0.3) is 0 Å². The first kappa shape index (κ1) is 19.7. The highest BCUT2D eigenvalue weighted by atomic mass is 35.5. The van der Waals surface area contributed by atoms with Crippen molar-refractivity contribution in [3.63, 3.8) is 0 Å². The molecule has 3 heterocycles. The van der Waals surface area contributed by atoms with Crippen LogP contribution in [0.4, 0.5) is 0 Å². The number of rotatable bonds is 3.